The van der Waals surface area contributed by atoms with E-state index in [1.807, 2.05) is 21.1 Å². The SMILES string of the molecule is CCCC/C=C\C/C=C\CCCCCCCC(=O)OC(COC(=O)CCCCCCCCCCC)COC(OCC[N+](C)(C)C)C(=O)[O-]. The molecular formula is C39H71NO8. The first-order valence-corrected chi connectivity index (χ1v) is 19.0. The molecule has 48 heavy (non-hydrogen) atoms. The van der Waals surface area contributed by atoms with Gasteiger partial charge in [0, 0.05) is 12.8 Å². The van der Waals surface area contributed by atoms with Crippen molar-refractivity contribution < 1.29 is 42.9 Å². The van der Waals surface area contributed by atoms with Crippen molar-refractivity contribution in [2.75, 3.05) is 47.5 Å². The zero-order valence-electron chi connectivity index (χ0n) is 31.4. The predicted molar refractivity (Wildman–Crippen MR) is 191 cm³/mol. The van der Waals surface area contributed by atoms with Crippen LogP contribution in [-0.2, 0) is 33.3 Å². The Hall–Kier alpha value is -2.23. The number of hydrogen-bond acceptors (Lipinski definition) is 8. The maximum atomic E-state index is 12.6. The molecule has 0 N–H and O–H groups in total. The number of aliphatic carboxylic acids is 1. The molecule has 0 aliphatic rings. The Morgan fingerprint density at radius 1 is 0.625 bits per heavy atom. The Labute approximate surface area is 293 Å². The van der Waals surface area contributed by atoms with Crippen LogP contribution >= 0.6 is 0 Å². The Balaban J connectivity index is 4.57. The Bertz CT molecular complexity index is 851. The summed E-state index contributed by atoms with van der Waals surface area (Å²) < 4.78 is 22.4. The normalized spacial score (nSPS) is 13.3. The molecule has 2 atom stereocenters. The maximum absolute atomic E-state index is 12.6. The second-order valence-electron chi connectivity index (χ2n) is 13.9. The van der Waals surface area contributed by atoms with Gasteiger partial charge in [-0.1, -0.05) is 122 Å². The van der Waals surface area contributed by atoms with Gasteiger partial charge >= 0.3 is 11.9 Å². The van der Waals surface area contributed by atoms with Crippen LogP contribution in [0.3, 0.4) is 0 Å². The zero-order chi connectivity index (χ0) is 35.7. The lowest BCUT2D eigenvalue weighted by Crippen LogP contribution is -2.44. The van der Waals surface area contributed by atoms with Crippen molar-refractivity contribution in [1.82, 2.24) is 0 Å². The fourth-order valence-corrected chi connectivity index (χ4v) is 4.90. The lowest BCUT2D eigenvalue weighted by Gasteiger charge is -2.26. The highest BCUT2D eigenvalue weighted by atomic mass is 16.7. The number of likely N-dealkylation sites (N-methyl/N-ethyl adjacent to an activating group) is 1. The molecule has 0 saturated carbocycles. The van der Waals surface area contributed by atoms with Crippen LogP contribution in [0.1, 0.15) is 149 Å². The Kier molecular flexibility index (Phi) is 30.5. The van der Waals surface area contributed by atoms with E-state index in [9.17, 15) is 19.5 Å². The maximum Gasteiger partial charge on any atom is 0.306 e. The van der Waals surface area contributed by atoms with E-state index in [2.05, 4.69) is 38.2 Å². The average Bonchev–Trinajstić information content (AvgIpc) is 3.03. The molecule has 0 aromatic heterocycles. The highest BCUT2D eigenvalue weighted by Crippen LogP contribution is 2.13. The molecule has 0 rings (SSSR count). The number of ether oxygens (including phenoxy) is 4. The van der Waals surface area contributed by atoms with E-state index in [-0.39, 0.29) is 32.2 Å². The van der Waals surface area contributed by atoms with Crippen molar-refractivity contribution in [3.8, 4) is 0 Å². The van der Waals surface area contributed by atoms with Gasteiger partial charge in [-0.3, -0.25) is 9.59 Å². The van der Waals surface area contributed by atoms with Crippen molar-refractivity contribution in [3.05, 3.63) is 24.3 Å². The first-order valence-electron chi connectivity index (χ1n) is 19.0. The van der Waals surface area contributed by atoms with Gasteiger partial charge in [-0.05, 0) is 38.5 Å². The van der Waals surface area contributed by atoms with Crippen molar-refractivity contribution in [2.45, 2.75) is 161 Å². The summed E-state index contributed by atoms with van der Waals surface area (Å²) in [7, 11) is 5.89. The molecule has 0 heterocycles. The monoisotopic (exact) mass is 682 g/mol. The Morgan fingerprint density at radius 2 is 1.15 bits per heavy atom. The topological polar surface area (TPSA) is 111 Å². The molecule has 0 spiro atoms. The third kappa shape index (κ3) is 32.3. The van der Waals surface area contributed by atoms with Gasteiger partial charge in [0.25, 0.3) is 0 Å². The van der Waals surface area contributed by atoms with Gasteiger partial charge in [0.2, 0.25) is 0 Å². The first kappa shape index (κ1) is 45.8. The summed E-state index contributed by atoms with van der Waals surface area (Å²) >= 11 is 0. The molecule has 0 aliphatic heterocycles. The molecule has 2 unspecified atom stereocenters. The zero-order valence-corrected chi connectivity index (χ0v) is 31.4. The summed E-state index contributed by atoms with van der Waals surface area (Å²) in [5.41, 5.74) is 0. The van der Waals surface area contributed by atoms with E-state index < -0.39 is 24.3 Å². The molecule has 0 amide bonds. The average molecular weight is 682 g/mol. The molecule has 0 radical (unpaired) electrons. The van der Waals surface area contributed by atoms with Crippen LogP contribution in [0, 0.1) is 0 Å². The fraction of sp³-hybridized carbons (Fsp3) is 0.821. The van der Waals surface area contributed by atoms with Gasteiger partial charge in [0.05, 0.1) is 40.3 Å². The predicted octanol–water partition coefficient (Wildman–Crippen LogP) is 7.60. The second-order valence-corrected chi connectivity index (χ2v) is 13.9. The lowest BCUT2D eigenvalue weighted by atomic mass is 10.1. The number of hydrogen-bond donors (Lipinski definition) is 0. The van der Waals surface area contributed by atoms with E-state index in [1.54, 1.807) is 0 Å². The van der Waals surface area contributed by atoms with Gasteiger partial charge in [-0.2, -0.15) is 0 Å². The number of allylic oxidation sites excluding steroid dienone is 4. The minimum atomic E-state index is -1.62. The Morgan fingerprint density at radius 3 is 1.71 bits per heavy atom. The molecule has 0 aliphatic carbocycles. The molecule has 9 heteroatoms. The quantitative estimate of drug-likeness (QED) is 0.0225. The van der Waals surface area contributed by atoms with Crippen LogP contribution in [0.2, 0.25) is 0 Å². The molecular weight excluding hydrogens is 610 g/mol. The van der Waals surface area contributed by atoms with Gasteiger partial charge in [-0.25, -0.2) is 0 Å². The molecule has 0 bridgehead atoms. The summed E-state index contributed by atoms with van der Waals surface area (Å²) in [5.74, 6) is -2.31. The van der Waals surface area contributed by atoms with Crippen LogP contribution in [0.5, 0.6) is 0 Å². The van der Waals surface area contributed by atoms with E-state index in [0.717, 1.165) is 64.2 Å². The number of nitrogens with zero attached hydrogens (tertiary/aromatic N) is 1. The fourth-order valence-electron chi connectivity index (χ4n) is 4.90. The standard InChI is InChI=1S/C39H71NO8/c1-6-8-10-12-14-16-17-18-19-20-22-24-26-28-30-37(42)48-35(34-47-39(38(43)44)45-32-31-40(3,4)5)33-46-36(41)29-27-25-23-21-15-13-11-9-7-2/h12,14,17-18,35,39H,6-11,13,15-16,19-34H2,1-5H3/b14-12-,18-17-. The van der Waals surface area contributed by atoms with E-state index in [0.29, 0.717) is 23.9 Å². The summed E-state index contributed by atoms with van der Waals surface area (Å²) in [6.45, 7) is 4.63. The number of esters is 2. The molecule has 0 aromatic carbocycles. The van der Waals surface area contributed by atoms with Crippen LogP contribution < -0.4 is 5.11 Å². The first-order chi connectivity index (χ1) is 23.1. The van der Waals surface area contributed by atoms with Gasteiger partial charge in [-0.15, -0.1) is 0 Å². The van der Waals surface area contributed by atoms with Crippen molar-refractivity contribution >= 4 is 17.9 Å². The van der Waals surface area contributed by atoms with Gasteiger partial charge < -0.3 is 33.3 Å². The molecule has 0 saturated heterocycles. The number of carboxylic acids is 1. The third-order valence-corrected chi connectivity index (χ3v) is 7.95. The highest BCUT2D eigenvalue weighted by molar-refractivity contribution is 5.70. The number of unbranched alkanes of at least 4 members (excludes halogenated alkanes) is 15. The summed E-state index contributed by atoms with van der Waals surface area (Å²) in [6.07, 6.45) is 27.8. The van der Waals surface area contributed by atoms with Crippen LogP contribution in [0.15, 0.2) is 24.3 Å². The van der Waals surface area contributed by atoms with Crippen molar-refractivity contribution in [2.24, 2.45) is 0 Å². The van der Waals surface area contributed by atoms with Crippen LogP contribution in [-0.4, -0.2) is 82.3 Å². The molecule has 0 fully saturated rings. The van der Waals surface area contributed by atoms with E-state index in [4.69, 9.17) is 18.9 Å². The van der Waals surface area contributed by atoms with Crippen LogP contribution in [0.4, 0.5) is 0 Å². The summed E-state index contributed by atoms with van der Waals surface area (Å²) in [4.78, 5) is 36.6. The van der Waals surface area contributed by atoms with E-state index >= 15 is 0 Å². The summed E-state index contributed by atoms with van der Waals surface area (Å²) in [5, 5.41) is 11.6. The third-order valence-electron chi connectivity index (χ3n) is 7.95. The second kappa shape index (κ2) is 32.0. The van der Waals surface area contributed by atoms with Crippen molar-refractivity contribution in [1.29, 1.82) is 0 Å². The number of carboxylic acid groups (broad SMARTS) is 1. The molecule has 280 valence electrons. The minimum absolute atomic E-state index is 0.146. The smallest absolute Gasteiger partial charge is 0.306 e. The van der Waals surface area contributed by atoms with E-state index in [1.165, 1.54) is 51.4 Å². The number of quaternary nitrogens is 1. The highest BCUT2D eigenvalue weighted by Gasteiger charge is 2.21. The largest absolute Gasteiger partial charge is 0.545 e. The number of rotatable bonds is 34. The lowest BCUT2D eigenvalue weighted by molar-refractivity contribution is -0.870. The van der Waals surface area contributed by atoms with Crippen LogP contribution in [0.25, 0.3) is 0 Å². The molecule has 0 aromatic rings. The van der Waals surface area contributed by atoms with Gasteiger partial charge in [0.1, 0.15) is 13.2 Å². The number of carbonyl (C=O) groups is 3. The summed E-state index contributed by atoms with van der Waals surface area (Å²) in [6, 6.07) is 0. The minimum Gasteiger partial charge on any atom is -0.545 e. The van der Waals surface area contributed by atoms with Crippen molar-refractivity contribution in [3.63, 3.8) is 0 Å². The number of carbonyl (C=O) groups excluding carboxylic acids is 3. The van der Waals surface area contributed by atoms with Gasteiger partial charge in [0.15, 0.2) is 12.4 Å². The molecule has 9 nitrogen and oxygen atoms in total.